The van der Waals surface area contributed by atoms with Gasteiger partial charge in [-0.25, -0.2) is 9.97 Å². The van der Waals surface area contributed by atoms with E-state index in [1.165, 1.54) is 16.7 Å². The summed E-state index contributed by atoms with van der Waals surface area (Å²) in [4.78, 5) is 25.2. The van der Waals surface area contributed by atoms with Crippen molar-refractivity contribution >= 4 is 28.1 Å². The van der Waals surface area contributed by atoms with Crippen LogP contribution < -0.4 is 0 Å². The van der Waals surface area contributed by atoms with Crippen molar-refractivity contribution in [2.45, 2.75) is 40.0 Å². The maximum Gasteiger partial charge on any atom is 0.171 e. The van der Waals surface area contributed by atoms with Crippen LogP contribution in [0.2, 0.25) is 0 Å². The van der Waals surface area contributed by atoms with Gasteiger partial charge in [0.1, 0.15) is 5.52 Å². The molecule has 1 aliphatic rings. The Bertz CT molecular complexity index is 1010. The number of aromatic amines is 1. The molecule has 0 radical (unpaired) electrons. The minimum atomic E-state index is -0.450. The van der Waals surface area contributed by atoms with Gasteiger partial charge in [-0.1, -0.05) is 51.1 Å². The summed E-state index contributed by atoms with van der Waals surface area (Å²) in [6, 6.07) is 10.5. The summed E-state index contributed by atoms with van der Waals surface area (Å²) in [6.45, 7) is 5.79. The standard InChI is InChI=1S/C22H23N3O/c1-22(2,3)20(26)17-12-23-21-19(17)25-18(13-24-21)16-11-7-10-15(16)14-8-5-4-6-9-14/h4-6,8-9,12-13H,7,10-11H2,1-3H3,(H,23,24). The molecule has 132 valence electrons. The number of aromatic nitrogens is 3. The minimum Gasteiger partial charge on any atom is -0.344 e. The van der Waals surface area contributed by atoms with Crippen molar-refractivity contribution in [3.8, 4) is 0 Å². The minimum absolute atomic E-state index is 0.0823. The fourth-order valence-corrected chi connectivity index (χ4v) is 3.60. The highest BCUT2D eigenvalue weighted by Crippen LogP contribution is 2.39. The van der Waals surface area contributed by atoms with Crippen molar-refractivity contribution in [2.75, 3.05) is 0 Å². The Labute approximate surface area is 153 Å². The van der Waals surface area contributed by atoms with E-state index < -0.39 is 5.41 Å². The number of fused-ring (bicyclic) bond motifs is 1. The molecule has 4 heteroatoms. The second-order valence-electron chi connectivity index (χ2n) is 7.91. The zero-order chi connectivity index (χ0) is 18.3. The summed E-state index contributed by atoms with van der Waals surface area (Å²) < 4.78 is 0. The fraction of sp³-hybridized carbons (Fsp3) is 0.318. The third kappa shape index (κ3) is 2.85. The van der Waals surface area contributed by atoms with Gasteiger partial charge in [0.25, 0.3) is 0 Å². The lowest BCUT2D eigenvalue weighted by Crippen LogP contribution is -2.20. The first kappa shape index (κ1) is 16.7. The number of carbonyl (C=O) groups excluding carboxylic acids is 1. The first-order chi connectivity index (χ1) is 12.4. The molecule has 2 aromatic heterocycles. The SMILES string of the molecule is CC(C)(C)C(=O)c1c[nH]c2ncc(C3=C(c4ccccc4)CCC3)nc12. The van der Waals surface area contributed by atoms with Gasteiger partial charge in [-0.15, -0.1) is 0 Å². The quantitative estimate of drug-likeness (QED) is 0.657. The highest BCUT2D eigenvalue weighted by atomic mass is 16.1. The molecule has 4 nitrogen and oxygen atoms in total. The Hall–Kier alpha value is -2.75. The van der Waals surface area contributed by atoms with Crippen LogP contribution in [0, 0.1) is 5.41 Å². The predicted molar refractivity (Wildman–Crippen MR) is 105 cm³/mol. The van der Waals surface area contributed by atoms with Crippen molar-refractivity contribution in [2.24, 2.45) is 5.41 Å². The summed E-state index contributed by atoms with van der Waals surface area (Å²) >= 11 is 0. The molecule has 4 rings (SSSR count). The number of nitrogens with one attached hydrogen (secondary N) is 1. The molecule has 0 spiro atoms. The molecule has 26 heavy (non-hydrogen) atoms. The molecule has 0 saturated carbocycles. The lowest BCUT2D eigenvalue weighted by molar-refractivity contribution is 0.0860. The predicted octanol–water partition coefficient (Wildman–Crippen LogP) is 5.28. The Morgan fingerprint density at radius 3 is 2.54 bits per heavy atom. The van der Waals surface area contributed by atoms with Crippen LogP contribution in [0.3, 0.4) is 0 Å². The summed E-state index contributed by atoms with van der Waals surface area (Å²) in [6.07, 6.45) is 6.74. The highest BCUT2D eigenvalue weighted by molar-refractivity contribution is 6.08. The Kier molecular flexibility index (Phi) is 3.98. The van der Waals surface area contributed by atoms with Gasteiger partial charge in [0.15, 0.2) is 11.4 Å². The van der Waals surface area contributed by atoms with E-state index >= 15 is 0 Å². The largest absolute Gasteiger partial charge is 0.344 e. The smallest absolute Gasteiger partial charge is 0.171 e. The van der Waals surface area contributed by atoms with Crippen LogP contribution in [0.15, 0.2) is 42.7 Å². The first-order valence-electron chi connectivity index (χ1n) is 9.12. The number of rotatable bonds is 3. The molecular formula is C22H23N3O. The van der Waals surface area contributed by atoms with E-state index in [0.29, 0.717) is 16.7 Å². The maximum absolute atomic E-state index is 12.8. The molecule has 1 N–H and O–H groups in total. The molecule has 0 amide bonds. The molecule has 0 unspecified atom stereocenters. The number of hydrogen-bond donors (Lipinski definition) is 1. The second-order valence-corrected chi connectivity index (χ2v) is 7.91. The summed E-state index contributed by atoms with van der Waals surface area (Å²) in [7, 11) is 0. The number of nitrogens with zero attached hydrogens (tertiary/aromatic N) is 2. The van der Waals surface area contributed by atoms with E-state index in [1.807, 2.05) is 33.0 Å². The Morgan fingerprint density at radius 2 is 1.81 bits per heavy atom. The molecule has 1 aliphatic carbocycles. The molecule has 0 atom stereocenters. The van der Waals surface area contributed by atoms with E-state index in [1.54, 1.807) is 6.20 Å². The summed E-state index contributed by atoms with van der Waals surface area (Å²) in [5, 5.41) is 0. The number of carbonyl (C=O) groups is 1. The molecule has 0 saturated heterocycles. The molecule has 0 bridgehead atoms. The van der Waals surface area contributed by atoms with Gasteiger partial charge in [-0.3, -0.25) is 4.79 Å². The fourth-order valence-electron chi connectivity index (χ4n) is 3.60. The van der Waals surface area contributed by atoms with Crippen molar-refractivity contribution in [3.05, 3.63) is 59.5 Å². The van der Waals surface area contributed by atoms with Crippen LogP contribution in [0.1, 0.15) is 61.6 Å². The lowest BCUT2D eigenvalue weighted by atomic mass is 9.87. The number of hydrogen-bond acceptors (Lipinski definition) is 3. The first-order valence-corrected chi connectivity index (χ1v) is 9.12. The van der Waals surface area contributed by atoms with Crippen LogP contribution in [0.5, 0.6) is 0 Å². The topological polar surface area (TPSA) is 58.6 Å². The number of benzene rings is 1. The molecular weight excluding hydrogens is 322 g/mol. The van der Waals surface area contributed by atoms with Gasteiger partial charge in [0, 0.05) is 11.6 Å². The van der Waals surface area contributed by atoms with Crippen LogP contribution in [-0.2, 0) is 0 Å². The van der Waals surface area contributed by atoms with Crippen LogP contribution >= 0.6 is 0 Å². The average molecular weight is 345 g/mol. The second kappa shape index (κ2) is 6.20. The number of Topliss-reactive ketones (excluding diaryl/α,β-unsaturated/α-hetero) is 1. The third-order valence-corrected chi connectivity index (χ3v) is 4.96. The van der Waals surface area contributed by atoms with E-state index in [0.717, 1.165) is 25.0 Å². The van der Waals surface area contributed by atoms with Crippen molar-refractivity contribution < 1.29 is 4.79 Å². The zero-order valence-electron chi connectivity index (χ0n) is 15.5. The van der Waals surface area contributed by atoms with Crippen molar-refractivity contribution in [1.82, 2.24) is 15.0 Å². The molecule has 0 aliphatic heterocycles. The zero-order valence-corrected chi connectivity index (χ0v) is 15.5. The Morgan fingerprint density at radius 1 is 1.08 bits per heavy atom. The molecule has 0 fully saturated rings. The maximum atomic E-state index is 12.8. The van der Waals surface area contributed by atoms with Gasteiger partial charge in [-0.2, -0.15) is 0 Å². The third-order valence-electron chi connectivity index (χ3n) is 4.96. The van der Waals surface area contributed by atoms with Crippen LogP contribution in [-0.4, -0.2) is 20.7 Å². The highest BCUT2D eigenvalue weighted by Gasteiger charge is 2.27. The average Bonchev–Trinajstić information content (AvgIpc) is 3.27. The number of H-pyrrole nitrogens is 1. The number of allylic oxidation sites excluding steroid dienone is 2. The van der Waals surface area contributed by atoms with E-state index in [-0.39, 0.29) is 5.78 Å². The van der Waals surface area contributed by atoms with Gasteiger partial charge >= 0.3 is 0 Å². The van der Waals surface area contributed by atoms with Gasteiger partial charge < -0.3 is 4.98 Å². The number of ketones is 1. The normalized spacial score (nSPS) is 15.0. The van der Waals surface area contributed by atoms with Gasteiger partial charge in [-0.05, 0) is 36.0 Å². The van der Waals surface area contributed by atoms with E-state index in [4.69, 9.17) is 4.98 Å². The molecule has 2 heterocycles. The Balaban J connectivity index is 1.84. The van der Waals surface area contributed by atoms with E-state index in [9.17, 15) is 4.79 Å². The molecule has 3 aromatic rings. The molecule has 1 aromatic carbocycles. The summed E-state index contributed by atoms with van der Waals surface area (Å²) in [5.74, 6) is 0.0823. The van der Waals surface area contributed by atoms with Crippen LogP contribution in [0.25, 0.3) is 22.3 Å². The lowest BCUT2D eigenvalue weighted by Gasteiger charge is -2.15. The van der Waals surface area contributed by atoms with Crippen molar-refractivity contribution in [3.63, 3.8) is 0 Å². The van der Waals surface area contributed by atoms with Crippen molar-refractivity contribution in [1.29, 1.82) is 0 Å². The van der Waals surface area contributed by atoms with E-state index in [2.05, 4.69) is 34.2 Å². The summed E-state index contributed by atoms with van der Waals surface area (Å²) in [5.41, 5.74) is 6.25. The van der Waals surface area contributed by atoms with Gasteiger partial charge in [0.05, 0.1) is 17.5 Å². The monoisotopic (exact) mass is 345 g/mol. The van der Waals surface area contributed by atoms with Crippen LogP contribution in [0.4, 0.5) is 0 Å². The van der Waals surface area contributed by atoms with Gasteiger partial charge in [0.2, 0.25) is 0 Å².